The van der Waals surface area contributed by atoms with Crippen molar-refractivity contribution in [2.75, 3.05) is 18.4 Å². The van der Waals surface area contributed by atoms with Crippen molar-refractivity contribution in [2.24, 2.45) is 5.92 Å². The van der Waals surface area contributed by atoms with Crippen LogP contribution in [0.5, 0.6) is 0 Å². The van der Waals surface area contributed by atoms with Gasteiger partial charge in [0.1, 0.15) is 0 Å². The Morgan fingerprint density at radius 2 is 1.79 bits per heavy atom. The van der Waals surface area contributed by atoms with E-state index in [1.54, 1.807) is 18.2 Å². The lowest BCUT2D eigenvalue weighted by atomic mass is 9.98. The molecular formula is C21H24Cl2N2O3S. The Bertz CT molecular complexity index is 1030. The first-order chi connectivity index (χ1) is 13.6. The van der Waals surface area contributed by atoms with E-state index in [1.807, 2.05) is 32.9 Å². The number of aryl methyl sites for hydroxylation is 3. The second kappa shape index (κ2) is 8.64. The third-order valence-corrected chi connectivity index (χ3v) is 8.16. The van der Waals surface area contributed by atoms with Gasteiger partial charge in [-0.25, -0.2) is 8.42 Å². The minimum Gasteiger partial charge on any atom is -0.324 e. The van der Waals surface area contributed by atoms with E-state index in [0.29, 0.717) is 35.0 Å². The summed E-state index contributed by atoms with van der Waals surface area (Å²) in [5.41, 5.74) is 2.89. The molecule has 29 heavy (non-hydrogen) atoms. The third-order valence-electron chi connectivity index (χ3n) is 5.17. The molecule has 0 bridgehead atoms. The fourth-order valence-electron chi connectivity index (χ4n) is 3.91. The SMILES string of the molecule is Cc1cc(C)c(S(=O)(=O)N2CCC[C@@H](C(=O)Nc3cccc(Cl)c3Cl)C2)c(C)c1. The smallest absolute Gasteiger partial charge is 0.243 e. The van der Waals surface area contributed by atoms with E-state index in [-0.39, 0.29) is 17.5 Å². The average molecular weight is 455 g/mol. The number of carbonyl (C=O) groups is 1. The summed E-state index contributed by atoms with van der Waals surface area (Å²) in [6.07, 6.45) is 1.23. The second-order valence-electron chi connectivity index (χ2n) is 7.52. The van der Waals surface area contributed by atoms with Crippen LogP contribution in [0.4, 0.5) is 5.69 Å². The molecule has 1 N–H and O–H groups in total. The van der Waals surface area contributed by atoms with Crippen molar-refractivity contribution in [3.8, 4) is 0 Å². The third kappa shape index (κ3) is 4.61. The summed E-state index contributed by atoms with van der Waals surface area (Å²) in [6.45, 7) is 6.10. The summed E-state index contributed by atoms with van der Waals surface area (Å²) in [5.74, 6) is -0.717. The maximum Gasteiger partial charge on any atom is 0.243 e. The number of nitrogens with one attached hydrogen (secondary N) is 1. The van der Waals surface area contributed by atoms with Crippen molar-refractivity contribution in [3.63, 3.8) is 0 Å². The lowest BCUT2D eigenvalue weighted by molar-refractivity contribution is -0.120. The van der Waals surface area contributed by atoms with Crippen LogP contribution >= 0.6 is 23.2 Å². The lowest BCUT2D eigenvalue weighted by Crippen LogP contribution is -2.44. The maximum absolute atomic E-state index is 13.3. The standard InChI is InChI=1S/C21H24Cl2N2O3S/c1-13-10-14(2)20(15(3)11-13)29(27,28)25-9-5-6-16(12-25)21(26)24-18-8-4-7-17(22)19(18)23/h4,7-8,10-11,16H,5-6,9,12H2,1-3H3,(H,24,26)/t16-/m1/s1. The van der Waals surface area contributed by atoms with Crippen LogP contribution in [0.15, 0.2) is 35.2 Å². The second-order valence-corrected chi connectivity index (χ2v) is 10.2. The molecule has 0 unspecified atom stereocenters. The van der Waals surface area contributed by atoms with Gasteiger partial charge in [-0.15, -0.1) is 0 Å². The summed E-state index contributed by atoms with van der Waals surface area (Å²) in [4.78, 5) is 13.1. The first kappa shape index (κ1) is 22.1. The van der Waals surface area contributed by atoms with E-state index in [4.69, 9.17) is 23.2 Å². The predicted molar refractivity (Wildman–Crippen MR) is 117 cm³/mol. The number of nitrogens with zero attached hydrogens (tertiary/aromatic N) is 1. The van der Waals surface area contributed by atoms with Gasteiger partial charge in [-0.05, 0) is 56.9 Å². The van der Waals surface area contributed by atoms with Crippen molar-refractivity contribution in [3.05, 3.63) is 57.1 Å². The molecule has 3 rings (SSSR count). The molecule has 2 aromatic carbocycles. The Morgan fingerprint density at radius 3 is 2.45 bits per heavy atom. The van der Waals surface area contributed by atoms with E-state index in [0.717, 1.165) is 16.7 Å². The molecule has 1 atom stereocenters. The molecule has 1 aliphatic heterocycles. The molecule has 5 nitrogen and oxygen atoms in total. The molecule has 0 spiro atoms. The van der Waals surface area contributed by atoms with Crippen LogP contribution in [0.1, 0.15) is 29.5 Å². The average Bonchev–Trinajstić information content (AvgIpc) is 2.64. The van der Waals surface area contributed by atoms with Gasteiger partial charge in [-0.3, -0.25) is 4.79 Å². The number of carbonyl (C=O) groups excluding carboxylic acids is 1. The molecular weight excluding hydrogens is 431 g/mol. The number of amides is 1. The van der Waals surface area contributed by atoms with Crippen LogP contribution in [0.25, 0.3) is 0 Å². The molecule has 0 aromatic heterocycles. The van der Waals surface area contributed by atoms with E-state index in [9.17, 15) is 13.2 Å². The highest BCUT2D eigenvalue weighted by Gasteiger charge is 2.35. The molecule has 0 aliphatic carbocycles. The predicted octanol–water partition coefficient (Wildman–Crippen LogP) is 4.96. The fraction of sp³-hybridized carbons (Fsp3) is 0.381. The van der Waals surface area contributed by atoms with E-state index >= 15 is 0 Å². The van der Waals surface area contributed by atoms with Crippen molar-refractivity contribution >= 4 is 44.8 Å². The van der Waals surface area contributed by atoms with Crippen molar-refractivity contribution in [1.29, 1.82) is 0 Å². The van der Waals surface area contributed by atoms with Crippen LogP contribution in [0.3, 0.4) is 0 Å². The van der Waals surface area contributed by atoms with Gasteiger partial charge in [0.25, 0.3) is 0 Å². The van der Waals surface area contributed by atoms with Gasteiger partial charge in [-0.2, -0.15) is 4.31 Å². The van der Waals surface area contributed by atoms with E-state index in [2.05, 4.69) is 5.32 Å². The van der Waals surface area contributed by atoms with Gasteiger partial charge in [0.2, 0.25) is 15.9 Å². The number of piperidine rings is 1. The summed E-state index contributed by atoms with van der Waals surface area (Å²) in [7, 11) is -3.69. The van der Waals surface area contributed by atoms with E-state index in [1.165, 1.54) is 4.31 Å². The monoisotopic (exact) mass is 454 g/mol. The Labute approximate surface area is 182 Å². The summed E-state index contributed by atoms with van der Waals surface area (Å²) in [5, 5.41) is 3.41. The number of benzene rings is 2. The largest absolute Gasteiger partial charge is 0.324 e. The molecule has 2 aromatic rings. The number of halogens is 2. The van der Waals surface area contributed by atoms with Gasteiger partial charge >= 0.3 is 0 Å². The Balaban J connectivity index is 1.81. The van der Waals surface area contributed by atoms with Crippen LogP contribution in [0, 0.1) is 26.7 Å². The van der Waals surface area contributed by atoms with Gasteiger partial charge < -0.3 is 5.32 Å². The summed E-state index contributed by atoms with van der Waals surface area (Å²) in [6, 6.07) is 8.75. The van der Waals surface area contributed by atoms with Gasteiger partial charge in [0, 0.05) is 13.1 Å². The zero-order chi connectivity index (χ0) is 21.3. The highest BCUT2D eigenvalue weighted by molar-refractivity contribution is 7.89. The highest BCUT2D eigenvalue weighted by Crippen LogP contribution is 2.32. The normalized spacial score (nSPS) is 17.9. The van der Waals surface area contributed by atoms with Crippen LogP contribution in [0.2, 0.25) is 10.0 Å². The number of hydrogen-bond acceptors (Lipinski definition) is 3. The van der Waals surface area contributed by atoms with Gasteiger partial charge in [-0.1, -0.05) is 47.0 Å². The molecule has 1 fully saturated rings. The number of rotatable bonds is 4. The summed E-state index contributed by atoms with van der Waals surface area (Å²) >= 11 is 12.2. The van der Waals surface area contributed by atoms with Gasteiger partial charge in [0.05, 0.1) is 26.5 Å². The first-order valence-electron chi connectivity index (χ1n) is 9.44. The van der Waals surface area contributed by atoms with Gasteiger partial charge in [0.15, 0.2) is 0 Å². The molecule has 0 saturated carbocycles. The Hall–Kier alpha value is -1.60. The van der Waals surface area contributed by atoms with Crippen LogP contribution in [-0.4, -0.2) is 31.7 Å². The molecule has 1 amide bonds. The molecule has 1 saturated heterocycles. The number of sulfonamides is 1. The number of anilines is 1. The molecule has 8 heteroatoms. The van der Waals surface area contributed by atoms with Crippen molar-refractivity contribution in [1.82, 2.24) is 4.31 Å². The number of hydrogen-bond donors (Lipinski definition) is 1. The molecule has 1 aliphatic rings. The zero-order valence-corrected chi connectivity index (χ0v) is 19.0. The summed E-state index contributed by atoms with van der Waals surface area (Å²) < 4.78 is 28.1. The molecule has 0 radical (unpaired) electrons. The van der Waals surface area contributed by atoms with Crippen molar-refractivity contribution in [2.45, 2.75) is 38.5 Å². The van der Waals surface area contributed by atoms with Crippen LogP contribution < -0.4 is 5.32 Å². The maximum atomic E-state index is 13.3. The molecule has 1 heterocycles. The van der Waals surface area contributed by atoms with E-state index < -0.39 is 15.9 Å². The minimum absolute atomic E-state index is 0.138. The Kier molecular flexibility index (Phi) is 6.58. The quantitative estimate of drug-likeness (QED) is 0.709. The first-order valence-corrected chi connectivity index (χ1v) is 11.6. The fourth-order valence-corrected chi connectivity index (χ4v) is 6.20. The van der Waals surface area contributed by atoms with Crippen LogP contribution in [-0.2, 0) is 14.8 Å². The minimum atomic E-state index is -3.69. The lowest BCUT2D eigenvalue weighted by Gasteiger charge is -2.32. The molecule has 156 valence electrons. The highest BCUT2D eigenvalue weighted by atomic mass is 35.5. The topological polar surface area (TPSA) is 66.5 Å². The Morgan fingerprint density at radius 1 is 1.14 bits per heavy atom. The zero-order valence-electron chi connectivity index (χ0n) is 16.6. The van der Waals surface area contributed by atoms with Crippen molar-refractivity contribution < 1.29 is 13.2 Å².